The minimum Gasteiger partial charge on any atom is -0.492 e. The molecule has 0 spiro atoms. The van der Waals surface area contributed by atoms with Gasteiger partial charge in [0.05, 0.1) is 24.3 Å². The summed E-state index contributed by atoms with van der Waals surface area (Å²) in [5, 5.41) is 15.7. The minimum atomic E-state index is -0.756. The van der Waals surface area contributed by atoms with Crippen molar-refractivity contribution in [2.24, 2.45) is 28.1 Å². The number of piperidine rings is 1. The molecule has 0 radical (unpaired) electrons. The van der Waals surface area contributed by atoms with E-state index in [1.165, 1.54) is 0 Å². The number of benzene rings is 1. The number of carboxylic acids is 1. The Morgan fingerprint density at radius 1 is 0.957 bits per heavy atom. The Bertz CT molecular complexity index is 1330. The maximum absolute atomic E-state index is 12.3. The van der Waals surface area contributed by atoms with Crippen LogP contribution in [0.5, 0.6) is 5.75 Å². The van der Waals surface area contributed by atoms with Gasteiger partial charge < -0.3 is 52.4 Å². The van der Waals surface area contributed by atoms with E-state index in [-0.39, 0.29) is 17.8 Å². The zero-order valence-corrected chi connectivity index (χ0v) is 27.3. The molecular formula is C31H50N12O4. The lowest BCUT2D eigenvalue weighted by molar-refractivity contribution is -0.142. The molecule has 0 unspecified atom stereocenters. The van der Waals surface area contributed by atoms with Gasteiger partial charge in [-0.05, 0) is 57.6 Å². The van der Waals surface area contributed by atoms with E-state index in [0.717, 1.165) is 50.5 Å². The monoisotopic (exact) mass is 654 g/mol. The molecule has 1 amide bonds. The minimum absolute atomic E-state index is 0.0278. The van der Waals surface area contributed by atoms with E-state index in [4.69, 9.17) is 36.9 Å². The summed E-state index contributed by atoms with van der Waals surface area (Å²) in [6.45, 7) is 8.28. The molecule has 16 heteroatoms. The summed E-state index contributed by atoms with van der Waals surface area (Å²) in [5.74, 6) is 1.22. The number of hydrogen-bond donors (Lipinski definition) is 6. The highest BCUT2D eigenvalue weighted by atomic mass is 16.5. The van der Waals surface area contributed by atoms with Crippen molar-refractivity contribution >= 4 is 41.4 Å². The number of hydrogen-bond acceptors (Lipinski definition) is 12. The number of piperazine rings is 1. The van der Waals surface area contributed by atoms with Gasteiger partial charge in [0.1, 0.15) is 5.75 Å². The number of carbonyl (C=O) groups is 2. The molecule has 1 atom stereocenters. The van der Waals surface area contributed by atoms with Gasteiger partial charge in [0.15, 0.2) is 5.96 Å². The van der Waals surface area contributed by atoms with Crippen LogP contribution in [0.15, 0.2) is 29.3 Å². The number of aliphatic imine (C=N–C) groups is 1. The van der Waals surface area contributed by atoms with Gasteiger partial charge in [-0.2, -0.15) is 15.0 Å². The van der Waals surface area contributed by atoms with Crippen LogP contribution in [-0.2, 0) is 9.59 Å². The number of amides is 1. The Hall–Kier alpha value is -4.60. The largest absolute Gasteiger partial charge is 0.492 e. The quantitative estimate of drug-likeness (QED) is 0.0780. The zero-order valence-electron chi connectivity index (χ0n) is 27.3. The van der Waals surface area contributed by atoms with E-state index in [0.29, 0.717) is 82.9 Å². The number of guanidine groups is 1. The molecule has 1 aromatic heterocycles. The molecular weight excluding hydrogens is 604 g/mol. The number of carbonyl (C=O) groups excluding carboxylic acids is 1. The first-order valence-corrected chi connectivity index (χ1v) is 16.5. The van der Waals surface area contributed by atoms with E-state index in [9.17, 15) is 14.7 Å². The number of aromatic nitrogens is 3. The van der Waals surface area contributed by atoms with Crippen LogP contribution in [0.25, 0.3) is 0 Å². The van der Waals surface area contributed by atoms with Crippen molar-refractivity contribution < 1.29 is 19.4 Å². The predicted molar refractivity (Wildman–Crippen MR) is 183 cm³/mol. The molecule has 47 heavy (non-hydrogen) atoms. The zero-order chi connectivity index (χ0) is 33.6. The van der Waals surface area contributed by atoms with Crippen LogP contribution in [0.2, 0.25) is 0 Å². The number of rotatable bonds is 17. The Morgan fingerprint density at radius 2 is 1.60 bits per heavy atom. The Labute approximate surface area is 276 Å². The van der Waals surface area contributed by atoms with Gasteiger partial charge in [0, 0.05) is 58.9 Å². The third kappa shape index (κ3) is 10.7. The number of para-hydroxylation sites is 2. The van der Waals surface area contributed by atoms with E-state index < -0.39 is 12.0 Å². The summed E-state index contributed by atoms with van der Waals surface area (Å²) in [6, 6.07) is 7.48. The first-order valence-electron chi connectivity index (χ1n) is 16.5. The van der Waals surface area contributed by atoms with Gasteiger partial charge >= 0.3 is 5.97 Å². The molecule has 0 aliphatic carbocycles. The average molecular weight is 655 g/mol. The number of anilines is 4. The molecule has 0 saturated carbocycles. The molecule has 16 nitrogen and oxygen atoms in total. The fourth-order valence-corrected chi connectivity index (χ4v) is 5.63. The lowest BCUT2D eigenvalue weighted by atomic mass is 9.97. The molecule has 9 N–H and O–H groups in total. The van der Waals surface area contributed by atoms with E-state index in [2.05, 4.69) is 31.5 Å². The van der Waals surface area contributed by atoms with E-state index in [1.807, 2.05) is 30.0 Å². The second-order valence-corrected chi connectivity index (χ2v) is 11.7. The molecule has 2 aliphatic rings. The molecule has 0 bridgehead atoms. The smallest absolute Gasteiger partial charge is 0.306 e. The first kappa shape index (κ1) is 35.3. The third-order valence-electron chi connectivity index (χ3n) is 8.30. The number of carboxylic acid groups (broad SMARTS) is 1. The van der Waals surface area contributed by atoms with Crippen molar-refractivity contribution in [3.8, 4) is 5.75 Å². The molecule has 2 aromatic rings. The van der Waals surface area contributed by atoms with Crippen molar-refractivity contribution in [1.82, 2.24) is 20.3 Å². The number of nitrogens with zero attached hydrogens (tertiary/aromatic N) is 7. The molecule has 1 aromatic carbocycles. The SMILES string of the molecule is CCOc1ccccc1N1CCN(c2nc(NCCCCNC(=O)[C@@H](N)CCCN=C(N)N)nc(N3CCC(C(=O)O)CC3)n2)CC1. The number of nitrogens with one attached hydrogen (secondary N) is 2. The summed E-state index contributed by atoms with van der Waals surface area (Å²) < 4.78 is 5.86. The fourth-order valence-electron chi connectivity index (χ4n) is 5.63. The summed E-state index contributed by atoms with van der Waals surface area (Å²) in [5.41, 5.74) is 17.7. The summed E-state index contributed by atoms with van der Waals surface area (Å²) in [4.78, 5) is 48.6. The molecule has 2 fully saturated rings. The maximum atomic E-state index is 12.3. The maximum Gasteiger partial charge on any atom is 0.306 e. The number of unbranched alkanes of at least 4 members (excludes halogenated alkanes) is 1. The highest BCUT2D eigenvalue weighted by Crippen LogP contribution is 2.30. The van der Waals surface area contributed by atoms with Crippen LogP contribution in [0, 0.1) is 5.92 Å². The van der Waals surface area contributed by atoms with Crippen molar-refractivity contribution in [1.29, 1.82) is 0 Å². The van der Waals surface area contributed by atoms with Gasteiger partial charge in [0.2, 0.25) is 23.8 Å². The van der Waals surface area contributed by atoms with Crippen LogP contribution in [0.1, 0.15) is 45.4 Å². The van der Waals surface area contributed by atoms with E-state index >= 15 is 0 Å². The van der Waals surface area contributed by atoms with E-state index in [1.54, 1.807) is 0 Å². The molecule has 258 valence electrons. The van der Waals surface area contributed by atoms with Crippen LogP contribution < -0.4 is 47.3 Å². The van der Waals surface area contributed by atoms with Gasteiger partial charge in [-0.3, -0.25) is 14.6 Å². The summed E-state index contributed by atoms with van der Waals surface area (Å²) in [7, 11) is 0. The Kier molecular flexibility index (Phi) is 13.4. The standard InChI is InChI=1S/C31H50N12O4/c1-2-47-25-10-4-3-9-24(25)41-18-20-43(21-19-41)31-39-29(38-30(40-31)42-16-11-22(12-17-42)27(45)46)37-14-6-5-13-35-26(44)23(32)8-7-15-36-28(33)34/h3-4,9-10,22-23H,2,5-8,11-21,32H2,1H3,(H,35,44)(H,45,46)(H4,33,34,36)(H,37,38,39,40)/t23-/m0/s1. The Morgan fingerprint density at radius 3 is 2.26 bits per heavy atom. The molecule has 2 aliphatic heterocycles. The fraction of sp³-hybridized carbons (Fsp3) is 0.613. The summed E-state index contributed by atoms with van der Waals surface area (Å²) >= 11 is 0. The number of nitrogens with two attached hydrogens (primary N) is 3. The van der Waals surface area contributed by atoms with Gasteiger partial charge in [-0.15, -0.1) is 0 Å². The number of ether oxygens (including phenoxy) is 1. The lowest BCUT2D eigenvalue weighted by Gasteiger charge is -2.37. The second-order valence-electron chi connectivity index (χ2n) is 11.7. The summed E-state index contributed by atoms with van der Waals surface area (Å²) in [6.07, 6.45) is 3.74. The van der Waals surface area contributed by atoms with Crippen molar-refractivity contribution in [3.05, 3.63) is 24.3 Å². The first-order chi connectivity index (χ1) is 22.7. The topological polar surface area (TPSA) is 226 Å². The molecule has 4 rings (SSSR count). The Balaban J connectivity index is 1.32. The van der Waals surface area contributed by atoms with Crippen LogP contribution in [0.4, 0.5) is 23.5 Å². The molecule has 3 heterocycles. The highest BCUT2D eigenvalue weighted by molar-refractivity contribution is 5.81. The molecule has 2 saturated heterocycles. The second kappa shape index (κ2) is 17.9. The van der Waals surface area contributed by atoms with Gasteiger partial charge in [-0.25, -0.2) is 0 Å². The van der Waals surface area contributed by atoms with Gasteiger partial charge in [-0.1, -0.05) is 12.1 Å². The van der Waals surface area contributed by atoms with Crippen molar-refractivity contribution in [2.45, 2.75) is 51.5 Å². The van der Waals surface area contributed by atoms with Crippen LogP contribution in [0.3, 0.4) is 0 Å². The average Bonchev–Trinajstić information content (AvgIpc) is 3.08. The van der Waals surface area contributed by atoms with Crippen LogP contribution in [-0.4, -0.2) is 109 Å². The lowest BCUT2D eigenvalue weighted by Crippen LogP contribution is -2.47. The van der Waals surface area contributed by atoms with Gasteiger partial charge in [0.25, 0.3) is 0 Å². The number of aliphatic carboxylic acids is 1. The van der Waals surface area contributed by atoms with Crippen molar-refractivity contribution in [2.75, 3.05) is 85.5 Å². The van der Waals surface area contributed by atoms with Crippen molar-refractivity contribution in [3.63, 3.8) is 0 Å². The van der Waals surface area contributed by atoms with Crippen LogP contribution >= 0.6 is 0 Å². The predicted octanol–water partition coefficient (Wildman–Crippen LogP) is 0.587. The third-order valence-corrected chi connectivity index (χ3v) is 8.30. The normalized spacial score (nSPS) is 16.0. The highest BCUT2D eigenvalue weighted by Gasteiger charge is 2.28.